The van der Waals surface area contributed by atoms with Crippen LogP contribution in [0.2, 0.25) is 0 Å². The second-order valence-corrected chi connectivity index (χ2v) is 2.86. The fourth-order valence-corrected chi connectivity index (χ4v) is 1.10. The van der Waals surface area contributed by atoms with Gasteiger partial charge in [0.15, 0.2) is 6.29 Å². The summed E-state index contributed by atoms with van der Waals surface area (Å²) in [5.74, 6) is -0.341. The number of nitro groups is 1. The fraction of sp³-hybridized carbons (Fsp3) is 0. The number of halogens is 1. The topological polar surface area (TPSA) is 73.1 Å². The zero-order chi connectivity index (χ0) is 9.14. The molecule has 0 amide bonds. The van der Waals surface area contributed by atoms with E-state index in [1.54, 1.807) is 0 Å². The van der Waals surface area contributed by atoms with Crippen LogP contribution in [0.5, 0.6) is 0 Å². The van der Waals surface area contributed by atoms with Gasteiger partial charge in [0.25, 0.3) is 0 Å². The van der Waals surface area contributed by atoms with Gasteiger partial charge in [0.1, 0.15) is 0 Å². The molecule has 0 radical (unpaired) electrons. The normalized spacial score (nSPS) is 9.42. The molecule has 1 aromatic heterocycles. The summed E-state index contributed by atoms with van der Waals surface area (Å²) in [5.41, 5.74) is 0.0380. The van der Waals surface area contributed by atoms with Gasteiger partial charge in [0.05, 0.1) is 6.07 Å². The van der Waals surface area contributed by atoms with E-state index >= 15 is 0 Å². The number of nitrogens with zero attached hydrogens (tertiary/aromatic N) is 2. The monoisotopic (exact) mass is 230 g/mol. The number of rotatable bonds is 2. The first-order chi connectivity index (χ1) is 5.63. The van der Waals surface area contributed by atoms with Gasteiger partial charge in [-0.15, -0.1) is 0 Å². The average molecular weight is 231 g/mol. The van der Waals surface area contributed by atoms with Gasteiger partial charge in [-0.2, -0.15) is 0 Å². The minimum absolute atomic E-state index is 0.0380. The van der Waals surface area contributed by atoms with E-state index in [4.69, 9.17) is 0 Å². The summed E-state index contributed by atoms with van der Waals surface area (Å²) in [4.78, 5) is 23.3. The molecule has 1 aromatic rings. The lowest BCUT2D eigenvalue weighted by molar-refractivity contribution is -0.389. The third kappa shape index (κ3) is 1.85. The molecule has 0 aliphatic heterocycles. The maximum absolute atomic E-state index is 10.2. The van der Waals surface area contributed by atoms with E-state index in [1.807, 2.05) is 0 Å². The molecule has 62 valence electrons. The molecular formula is C6H3BrN2O3. The molecule has 0 bridgehead atoms. The van der Waals surface area contributed by atoms with Crippen LogP contribution in [-0.4, -0.2) is 16.2 Å². The van der Waals surface area contributed by atoms with E-state index in [1.165, 1.54) is 12.1 Å². The van der Waals surface area contributed by atoms with Gasteiger partial charge in [0, 0.05) is 10.5 Å². The fourth-order valence-electron chi connectivity index (χ4n) is 0.657. The summed E-state index contributed by atoms with van der Waals surface area (Å²) < 4.78 is 0.464. The predicted molar refractivity (Wildman–Crippen MR) is 44.0 cm³/mol. The quantitative estimate of drug-likeness (QED) is 0.439. The van der Waals surface area contributed by atoms with Crippen LogP contribution in [-0.2, 0) is 0 Å². The van der Waals surface area contributed by atoms with Gasteiger partial charge < -0.3 is 10.1 Å². The summed E-state index contributed by atoms with van der Waals surface area (Å²) in [6.45, 7) is 0. The van der Waals surface area contributed by atoms with Gasteiger partial charge in [-0.1, -0.05) is 15.9 Å². The summed E-state index contributed by atoms with van der Waals surface area (Å²) >= 11 is 3.02. The molecule has 6 heteroatoms. The Morgan fingerprint density at radius 1 is 1.58 bits per heavy atom. The second kappa shape index (κ2) is 3.40. The number of hydrogen-bond donors (Lipinski definition) is 0. The van der Waals surface area contributed by atoms with E-state index in [2.05, 4.69) is 20.9 Å². The van der Waals surface area contributed by atoms with E-state index in [9.17, 15) is 14.9 Å². The number of aldehydes is 1. The molecule has 0 atom stereocenters. The van der Waals surface area contributed by atoms with Crippen LogP contribution >= 0.6 is 15.9 Å². The van der Waals surface area contributed by atoms with Gasteiger partial charge in [-0.25, -0.2) is 0 Å². The summed E-state index contributed by atoms with van der Waals surface area (Å²) in [7, 11) is 0. The van der Waals surface area contributed by atoms with Crippen molar-refractivity contribution in [3.63, 3.8) is 0 Å². The third-order valence-electron chi connectivity index (χ3n) is 1.10. The van der Waals surface area contributed by atoms with Crippen LogP contribution in [0, 0.1) is 10.1 Å². The smallest absolute Gasteiger partial charge is 0.358 e. The molecule has 0 aromatic carbocycles. The number of carbonyl (C=O) groups is 1. The van der Waals surface area contributed by atoms with Gasteiger partial charge >= 0.3 is 5.82 Å². The van der Waals surface area contributed by atoms with Crippen LogP contribution in [0.4, 0.5) is 5.82 Å². The minimum atomic E-state index is -0.655. The van der Waals surface area contributed by atoms with Crippen LogP contribution in [0.3, 0.4) is 0 Å². The third-order valence-corrected chi connectivity index (χ3v) is 1.56. The number of carbonyl (C=O) groups excluding carboxylic acids is 1. The number of aromatic nitrogens is 1. The average Bonchev–Trinajstić information content (AvgIpc) is 2.03. The van der Waals surface area contributed by atoms with Crippen molar-refractivity contribution in [2.24, 2.45) is 0 Å². The molecule has 5 nitrogen and oxygen atoms in total. The lowest BCUT2D eigenvalue weighted by Crippen LogP contribution is -1.95. The van der Waals surface area contributed by atoms with Crippen LogP contribution < -0.4 is 0 Å². The standard InChI is InChI=1S/C6H3BrN2O3/c7-4-1-5(3-10)8-6(2-4)9(11)12/h1-3H. The number of pyridine rings is 1. The Morgan fingerprint density at radius 2 is 2.25 bits per heavy atom. The Morgan fingerprint density at radius 3 is 2.75 bits per heavy atom. The zero-order valence-electron chi connectivity index (χ0n) is 5.73. The highest BCUT2D eigenvalue weighted by Gasteiger charge is 2.10. The first-order valence-corrected chi connectivity index (χ1v) is 3.70. The SMILES string of the molecule is O=Cc1cc(Br)cc([N+](=O)[O-])n1. The maximum Gasteiger partial charge on any atom is 0.365 e. The molecule has 0 unspecified atom stereocenters. The Labute approximate surface area is 75.7 Å². The maximum atomic E-state index is 10.2. The van der Waals surface area contributed by atoms with Gasteiger partial charge in [0.2, 0.25) is 5.69 Å². The highest BCUT2D eigenvalue weighted by Crippen LogP contribution is 2.16. The van der Waals surface area contributed by atoms with Crippen molar-refractivity contribution in [3.8, 4) is 0 Å². The molecule has 0 saturated carbocycles. The largest absolute Gasteiger partial charge is 0.365 e. The van der Waals surface area contributed by atoms with Crippen molar-refractivity contribution < 1.29 is 9.72 Å². The molecule has 1 rings (SSSR count). The first-order valence-electron chi connectivity index (χ1n) is 2.90. The van der Waals surface area contributed by atoms with Crippen LogP contribution in [0.25, 0.3) is 0 Å². The summed E-state index contributed by atoms with van der Waals surface area (Å²) in [6, 6.07) is 2.63. The molecule has 0 spiro atoms. The molecule has 0 fully saturated rings. The van der Waals surface area contributed by atoms with E-state index < -0.39 is 4.92 Å². The molecule has 0 aliphatic carbocycles. The lowest BCUT2D eigenvalue weighted by Gasteiger charge is -1.92. The Kier molecular flexibility index (Phi) is 2.49. The van der Waals surface area contributed by atoms with E-state index in [0.29, 0.717) is 10.8 Å². The van der Waals surface area contributed by atoms with Crippen LogP contribution in [0.15, 0.2) is 16.6 Å². The minimum Gasteiger partial charge on any atom is -0.358 e. The van der Waals surface area contributed by atoms with Crippen molar-refractivity contribution >= 4 is 28.0 Å². The number of hydrogen-bond acceptors (Lipinski definition) is 4. The van der Waals surface area contributed by atoms with Gasteiger partial charge in [-0.05, 0) is 9.91 Å². The molecule has 1 heterocycles. The van der Waals surface area contributed by atoms with Crippen molar-refractivity contribution in [2.75, 3.05) is 0 Å². The van der Waals surface area contributed by atoms with Crippen molar-refractivity contribution in [1.29, 1.82) is 0 Å². The lowest BCUT2D eigenvalue weighted by atomic mass is 10.4. The van der Waals surface area contributed by atoms with Crippen molar-refractivity contribution in [1.82, 2.24) is 4.98 Å². The molecule has 0 N–H and O–H groups in total. The van der Waals surface area contributed by atoms with Crippen LogP contribution in [0.1, 0.15) is 10.5 Å². The highest BCUT2D eigenvalue weighted by atomic mass is 79.9. The summed E-state index contributed by atoms with van der Waals surface area (Å²) in [6.07, 6.45) is 0.456. The highest BCUT2D eigenvalue weighted by molar-refractivity contribution is 9.10. The van der Waals surface area contributed by atoms with Crippen molar-refractivity contribution in [2.45, 2.75) is 0 Å². The Balaban J connectivity index is 3.23. The first kappa shape index (κ1) is 8.79. The second-order valence-electron chi connectivity index (χ2n) is 1.94. The Hall–Kier alpha value is -1.30. The van der Waals surface area contributed by atoms with Crippen molar-refractivity contribution in [3.05, 3.63) is 32.4 Å². The molecule has 12 heavy (non-hydrogen) atoms. The zero-order valence-corrected chi connectivity index (χ0v) is 7.32. The van der Waals surface area contributed by atoms with Gasteiger partial charge in [-0.3, -0.25) is 4.79 Å². The molecule has 0 aliphatic rings. The Bertz CT molecular complexity index is 340. The summed E-state index contributed by atoms with van der Waals surface area (Å²) in [5, 5.41) is 10.2. The van der Waals surface area contributed by atoms with E-state index in [-0.39, 0.29) is 11.5 Å². The molecular weight excluding hydrogens is 228 g/mol. The van der Waals surface area contributed by atoms with E-state index in [0.717, 1.165) is 0 Å². The predicted octanol–water partition coefficient (Wildman–Crippen LogP) is 1.56. The molecule has 0 saturated heterocycles.